The van der Waals surface area contributed by atoms with Crippen LogP contribution in [0, 0.1) is 20.8 Å². The Hall–Kier alpha value is -2.95. The van der Waals surface area contributed by atoms with Crippen molar-refractivity contribution >= 4 is 5.91 Å². The van der Waals surface area contributed by atoms with Gasteiger partial charge in [0.2, 0.25) is 0 Å². The Labute approximate surface area is 147 Å². The molecule has 2 heterocycles. The van der Waals surface area contributed by atoms with E-state index in [1.807, 2.05) is 58.3 Å². The Bertz CT molecular complexity index is 904. The lowest BCUT2D eigenvalue weighted by molar-refractivity contribution is 0.0949. The largest absolute Gasteiger partial charge is 0.348 e. The van der Waals surface area contributed by atoms with Crippen molar-refractivity contribution in [3.05, 3.63) is 70.7 Å². The normalized spacial score (nSPS) is 10.7. The van der Waals surface area contributed by atoms with E-state index in [2.05, 4.69) is 15.4 Å². The Morgan fingerprint density at radius 2 is 1.92 bits per heavy atom. The highest BCUT2D eigenvalue weighted by Crippen LogP contribution is 2.21. The van der Waals surface area contributed by atoms with Crippen LogP contribution in [0.4, 0.5) is 0 Å². The summed E-state index contributed by atoms with van der Waals surface area (Å²) in [4.78, 5) is 17.1. The van der Waals surface area contributed by atoms with Crippen LogP contribution in [0.2, 0.25) is 0 Å². The molecule has 0 fully saturated rings. The summed E-state index contributed by atoms with van der Waals surface area (Å²) in [5, 5.41) is 7.22. The van der Waals surface area contributed by atoms with Crippen molar-refractivity contribution in [2.75, 3.05) is 0 Å². The van der Waals surface area contributed by atoms with E-state index in [1.54, 1.807) is 17.1 Å². The highest BCUT2D eigenvalue weighted by molar-refractivity contribution is 5.97. The standard InChI is InChI=1S/C20H22N4O/c1-13-8-14(2)18(15(3)9-13)20(25)22-10-16-6-5-7-21-19(16)17-11-23-24(4)12-17/h5-9,11-12H,10H2,1-4H3,(H,22,25). The van der Waals surface area contributed by atoms with Gasteiger partial charge < -0.3 is 5.32 Å². The Morgan fingerprint density at radius 3 is 2.56 bits per heavy atom. The molecule has 0 atom stereocenters. The SMILES string of the molecule is Cc1cc(C)c(C(=O)NCc2cccnc2-c2cnn(C)c2)c(C)c1. The Morgan fingerprint density at radius 1 is 1.20 bits per heavy atom. The average molecular weight is 334 g/mol. The summed E-state index contributed by atoms with van der Waals surface area (Å²) in [7, 11) is 1.87. The van der Waals surface area contributed by atoms with E-state index in [4.69, 9.17) is 0 Å². The third kappa shape index (κ3) is 3.60. The Kier molecular flexibility index (Phi) is 4.65. The molecular formula is C20H22N4O. The lowest BCUT2D eigenvalue weighted by Crippen LogP contribution is -2.25. The molecule has 0 spiro atoms. The van der Waals surface area contributed by atoms with Crippen LogP contribution >= 0.6 is 0 Å². The van der Waals surface area contributed by atoms with Gasteiger partial charge in [0.15, 0.2) is 0 Å². The number of benzene rings is 1. The van der Waals surface area contributed by atoms with Crippen LogP contribution in [0.5, 0.6) is 0 Å². The maximum atomic E-state index is 12.7. The number of aromatic nitrogens is 3. The van der Waals surface area contributed by atoms with E-state index in [0.717, 1.165) is 39.1 Å². The van der Waals surface area contributed by atoms with Crippen LogP contribution in [0.25, 0.3) is 11.3 Å². The molecule has 3 rings (SSSR count). The monoisotopic (exact) mass is 334 g/mol. The van der Waals surface area contributed by atoms with Crippen LogP contribution in [0.15, 0.2) is 42.9 Å². The molecular weight excluding hydrogens is 312 g/mol. The van der Waals surface area contributed by atoms with Crippen LogP contribution in [0.1, 0.15) is 32.6 Å². The number of carbonyl (C=O) groups is 1. The van der Waals surface area contributed by atoms with E-state index in [-0.39, 0.29) is 5.91 Å². The molecule has 1 N–H and O–H groups in total. The smallest absolute Gasteiger partial charge is 0.252 e. The summed E-state index contributed by atoms with van der Waals surface area (Å²) in [6, 6.07) is 7.92. The molecule has 128 valence electrons. The molecule has 0 aliphatic rings. The third-order valence-corrected chi connectivity index (χ3v) is 4.21. The highest BCUT2D eigenvalue weighted by atomic mass is 16.1. The van der Waals surface area contributed by atoms with E-state index < -0.39 is 0 Å². The molecule has 1 amide bonds. The molecule has 0 unspecified atom stereocenters. The van der Waals surface area contributed by atoms with Crippen LogP contribution in [-0.2, 0) is 13.6 Å². The zero-order valence-corrected chi connectivity index (χ0v) is 15.0. The number of nitrogens with one attached hydrogen (secondary N) is 1. The van der Waals surface area contributed by atoms with Crippen LogP contribution in [-0.4, -0.2) is 20.7 Å². The van der Waals surface area contributed by atoms with E-state index in [0.29, 0.717) is 6.54 Å². The quantitative estimate of drug-likeness (QED) is 0.796. The molecule has 0 bridgehead atoms. The lowest BCUT2D eigenvalue weighted by Gasteiger charge is -2.13. The van der Waals surface area contributed by atoms with Gasteiger partial charge in [0.1, 0.15) is 0 Å². The number of pyridine rings is 1. The van der Waals surface area contributed by atoms with E-state index in [1.165, 1.54) is 0 Å². The van der Waals surface area contributed by atoms with Crippen molar-refractivity contribution in [2.24, 2.45) is 7.05 Å². The minimum atomic E-state index is -0.0593. The lowest BCUT2D eigenvalue weighted by atomic mass is 9.99. The van der Waals surface area contributed by atoms with Gasteiger partial charge in [-0.2, -0.15) is 5.10 Å². The molecule has 1 aromatic carbocycles. The van der Waals surface area contributed by atoms with Gasteiger partial charge in [0, 0.05) is 37.1 Å². The fraction of sp³-hybridized carbons (Fsp3) is 0.250. The summed E-state index contributed by atoms with van der Waals surface area (Å²) in [5.41, 5.74) is 6.65. The zero-order valence-electron chi connectivity index (χ0n) is 15.0. The number of rotatable bonds is 4. The minimum absolute atomic E-state index is 0.0593. The van der Waals surface area contributed by atoms with Gasteiger partial charge >= 0.3 is 0 Å². The summed E-state index contributed by atoms with van der Waals surface area (Å²) < 4.78 is 1.74. The molecule has 0 aliphatic carbocycles. The number of hydrogen-bond acceptors (Lipinski definition) is 3. The van der Waals surface area contributed by atoms with Gasteiger partial charge in [-0.05, 0) is 43.5 Å². The molecule has 2 aromatic heterocycles. The summed E-state index contributed by atoms with van der Waals surface area (Å²) in [5.74, 6) is -0.0593. The maximum absolute atomic E-state index is 12.7. The van der Waals surface area contributed by atoms with Gasteiger partial charge in [-0.15, -0.1) is 0 Å². The number of hydrogen-bond donors (Lipinski definition) is 1. The predicted octanol–water partition coefficient (Wildman–Crippen LogP) is 3.34. The molecule has 0 radical (unpaired) electrons. The zero-order chi connectivity index (χ0) is 18.0. The van der Waals surface area contributed by atoms with E-state index in [9.17, 15) is 4.79 Å². The van der Waals surface area contributed by atoms with Crippen molar-refractivity contribution in [3.63, 3.8) is 0 Å². The molecule has 0 saturated heterocycles. The topological polar surface area (TPSA) is 59.8 Å². The van der Waals surface area contributed by atoms with Gasteiger partial charge in [-0.25, -0.2) is 0 Å². The molecule has 3 aromatic rings. The minimum Gasteiger partial charge on any atom is -0.348 e. The number of aryl methyl sites for hydroxylation is 4. The fourth-order valence-electron chi connectivity index (χ4n) is 3.19. The maximum Gasteiger partial charge on any atom is 0.252 e. The van der Waals surface area contributed by atoms with Crippen molar-refractivity contribution in [1.29, 1.82) is 0 Å². The highest BCUT2D eigenvalue weighted by Gasteiger charge is 2.14. The predicted molar refractivity (Wildman–Crippen MR) is 98.3 cm³/mol. The molecule has 25 heavy (non-hydrogen) atoms. The van der Waals surface area contributed by atoms with Crippen LogP contribution in [0.3, 0.4) is 0 Å². The van der Waals surface area contributed by atoms with Gasteiger partial charge in [-0.1, -0.05) is 23.8 Å². The number of amides is 1. The molecule has 0 aliphatic heterocycles. The number of nitrogens with zero attached hydrogens (tertiary/aromatic N) is 3. The second kappa shape index (κ2) is 6.89. The summed E-state index contributed by atoms with van der Waals surface area (Å²) in [6.45, 7) is 6.40. The van der Waals surface area contributed by atoms with Gasteiger partial charge in [0.25, 0.3) is 5.91 Å². The second-order valence-electron chi connectivity index (χ2n) is 6.37. The Balaban J connectivity index is 1.82. The van der Waals surface area contributed by atoms with Crippen molar-refractivity contribution in [3.8, 4) is 11.3 Å². The van der Waals surface area contributed by atoms with Crippen molar-refractivity contribution < 1.29 is 4.79 Å². The second-order valence-corrected chi connectivity index (χ2v) is 6.37. The average Bonchev–Trinajstić information content (AvgIpc) is 2.98. The molecule has 5 heteroatoms. The summed E-state index contributed by atoms with van der Waals surface area (Å²) in [6.07, 6.45) is 5.45. The first-order valence-corrected chi connectivity index (χ1v) is 8.24. The third-order valence-electron chi connectivity index (χ3n) is 4.21. The van der Waals surface area contributed by atoms with Gasteiger partial charge in [-0.3, -0.25) is 14.5 Å². The fourth-order valence-corrected chi connectivity index (χ4v) is 3.19. The first-order chi connectivity index (χ1) is 12.0. The van der Waals surface area contributed by atoms with Crippen molar-refractivity contribution in [2.45, 2.75) is 27.3 Å². The van der Waals surface area contributed by atoms with Crippen molar-refractivity contribution in [1.82, 2.24) is 20.1 Å². The van der Waals surface area contributed by atoms with Gasteiger partial charge in [0.05, 0.1) is 11.9 Å². The van der Waals surface area contributed by atoms with Crippen LogP contribution < -0.4 is 5.32 Å². The summed E-state index contributed by atoms with van der Waals surface area (Å²) >= 11 is 0. The first kappa shape index (κ1) is 16.9. The molecule has 5 nitrogen and oxygen atoms in total. The molecule has 0 saturated carbocycles. The first-order valence-electron chi connectivity index (χ1n) is 8.24. The number of carbonyl (C=O) groups excluding carboxylic acids is 1. The van der Waals surface area contributed by atoms with E-state index >= 15 is 0 Å².